The van der Waals surface area contributed by atoms with E-state index in [0.717, 1.165) is 12.0 Å². The van der Waals surface area contributed by atoms with E-state index in [1.165, 1.54) is 4.31 Å². The number of hydrogen-bond acceptors (Lipinski definition) is 3. The molecule has 1 aliphatic rings. The van der Waals surface area contributed by atoms with Crippen molar-refractivity contribution in [2.75, 3.05) is 6.54 Å². The van der Waals surface area contributed by atoms with Gasteiger partial charge < -0.3 is 5.73 Å². The van der Waals surface area contributed by atoms with Gasteiger partial charge in [0, 0.05) is 6.54 Å². The van der Waals surface area contributed by atoms with Crippen LogP contribution in [0.3, 0.4) is 0 Å². The Bertz CT molecular complexity index is 566. The largest absolute Gasteiger partial charge is 0.368 e. The molecule has 5 nitrogen and oxygen atoms in total. The van der Waals surface area contributed by atoms with E-state index in [9.17, 15) is 13.2 Å². The second kappa shape index (κ2) is 5.30. The fourth-order valence-electron chi connectivity index (χ4n) is 2.34. The van der Waals surface area contributed by atoms with Crippen molar-refractivity contribution < 1.29 is 13.2 Å². The van der Waals surface area contributed by atoms with Crippen LogP contribution in [-0.2, 0) is 21.2 Å². The molecule has 0 aromatic heterocycles. The highest BCUT2D eigenvalue weighted by Gasteiger charge is 2.38. The lowest BCUT2D eigenvalue weighted by Gasteiger charge is -2.21. The molecular weight excluding hydrogens is 264 g/mol. The third-order valence-corrected chi connectivity index (χ3v) is 5.39. The zero-order valence-electron chi connectivity index (χ0n) is 10.9. The van der Waals surface area contributed by atoms with Gasteiger partial charge in [-0.3, -0.25) is 4.79 Å². The molecular formula is C13H18N2O3S. The molecule has 19 heavy (non-hydrogen) atoms. The molecule has 0 radical (unpaired) electrons. The van der Waals surface area contributed by atoms with Gasteiger partial charge in [-0.1, -0.05) is 19.1 Å². The monoisotopic (exact) mass is 282 g/mol. The Kier molecular flexibility index (Phi) is 3.91. The minimum absolute atomic E-state index is 0.220. The van der Waals surface area contributed by atoms with Crippen LogP contribution in [0.15, 0.2) is 29.2 Å². The lowest BCUT2D eigenvalue weighted by atomic mass is 10.2. The Morgan fingerprint density at radius 1 is 1.37 bits per heavy atom. The Hall–Kier alpha value is -1.40. The first-order chi connectivity index (χ1) is 8.96. The van der Waals surface area contributed by atoms with Crippen LogP contribution in [-0.4, -0.2) is 31.2 Å². The van der Waals surface area contributed by atoms with Gasteiger partial charge in [-0.2, -0.15) is 4.31 Å². The molecule has 2 rings (SSSR count). The minimum Gasteiger partial charge on any atom is -0.368 e. The van der Waals surface area contributed by atoms with Gasteiger partial charge in [0.1, 0.15) is 6.04 Å². The Labute approximate surface area is 113 Å². The lowest BCUT2D eigenvalue weighted by Crippen LogP contribution is -2.43. The molecule has 1 amide bonds. The van der Waals surface area contributed by atoms with Crippen molar-refractivity contribution in [1.29, 1.82) is 0 Å². The summed E-state index contributed by atoms with van der Waals surface area (Å²) in [6.45, 7) is 2.36. The standard InChI is InChI=1S/C13H18N2O3S/c1-2-10-5-7-11(8-6-10)19(17,18)15-9-3-4-12(15)13(14)16/h5-8,12H,2-4,9H2,1H3,(H2,14,16). The fourth-order valence-corrected chi connectivity index (χ4v) is 4.01. The Morgan fingerprint density at radius 3 is 2.53 bits per heavy atom. The Balaban J connectivity index is 2.33. The summed E-state index contributed by atoms with van der Waals surface area (Å²) in [5, 5.41) is 0. The molecule has 2 N–H and O–H groups in total. The molecule has 1 fully saturated rings. The summed E-state index contributed by atoms with van der Waals surface area (Å²) in [7, 11) is -3.63. The molecule has 1 aliphatic heterocycles. The maximum Gasteiger partial charge on any atom is 0.243 e. The summed E-state index contributed by atoms with van der Waals surface area (Å²) in [4.78, 5) is 11.5. The number of nitrogens with two attached hydrogens (primary N) is 1. The van der Waals surface area contributed by atoms with Crippen LogP contribution in [0.5, 0.6) is 0 Å². The molecule has 0 bridgehead atoms. The summed E-state index contributed by atoms with van der Waals surface area (Å²) in [5.74, 6) is -0.578. The van der Waals surface area contributed by atoms with Gasteiger partial charge in [0.15, 0.2) is 0 Å². The van der Waals surface area contributed by atoms with Crippen LogP contribution in [0.25, 0.3) is 0 Å². The van der Waals surface area contributed by atoms with Crippen molar-refractivity contribution in [3.63, 3.8) is 0 Å². The summed E-state index contributed by atoms with van der Waals surface area (Å²) >= 11 is 0. The zero-order valence-corrected chi connectivity index (χ0v) is 11.7. The van der Waals surface area contributed by atoms with Crippen molar-refractivity contribution in [2.24, 2.45) is 5.73 Å². The van der Waals surface area contributed by atoms with E-state index in [-0.39, 0.29) is 4.90 Å². The highest BCUT2D eigenvalue weighted by Crippen LogP contribution is 2.26. The topological polar surface area (TPSA) is 80.5 Å². The van der Waals surface area contributed by atoms with Crippen LogP contribution < -0.4 is 5.73 Å². The first kappa shape index (κ1) is 14.0. The number of rotatable bonds is 4. The number of benzene rings is 1. The number of primary amides is 1. The van der Waals surface area contributed by atoms with Crippen LogP contribution in [0.4, 0.5) is 0 Å². The van der Waals surface area contributed by atoms with Gasteiger partial charge >= 0.3 is 0 Å². The third-order valence-electron chi connectivity index (χ3n) is 3.47. The van der Waals surface area contributed by atoms with E-state index < -0.39 is 22.0 Å². The molecule has 1 heterocycles. The summed E-state index contributed by atoms with van der Waals surface area (Å²) in [6.07, 6.45) is 2.02. The van der Waals surface area contributed by atoms with Crippen molar-refractivity contribution in [3.05, 3.63) is 29.8 Å². The van der Waals surface area contributed by atoms with Gasteiger partial charge in [0.25, 0.3) is 0 Å². The van der Waals surface area contributed by atoms with E-state index in [0.29, 0.717) is 19.4 Å². The maximum absolute atomic E-state index is 12.5. The van der Waals surface area contributed by atoms with E-state index in [1.54, 1.807) is 24.3 Å². The maximum atomic E-state index is 12.5. The molecule has 1 aromatic rings. The second-order valence-corrected chi connectivity index (χ2v) is 6.56. The zero-order chi connectivity index (χ0) is 14.0. The Morgan fingerprint density at radius 2 is 2.00 bits per heavy atom. The number of sulfonamides is 1. The lowest BCUT2D eigenvalue weighted by molar-refractivity contribution is -0.121. The highest BCUT2D eigenvalue weighted by molar-refractivity contribution is 7.89. The summed E-state index contributed by atoms with van der Waals surface area (Å²) in [6, 6.07) is 6.05. The van der Waals surface area contributed by atoms with Crippen LogP contribution in [0, 0.1) is 0 Å². The van der Waals surface area contributed by atoms with Crippen LogP contribution >= 0.6 is 0 Å². The molecule has 0 spiro atoms. The smallest absolute Gasteiger partial charge is 0.243 e. The average molecular weight is 282 g/mol. The molecule has 1 saturated heterocycles. The van der Waals surface area contributed by atoms with Crippen molar-refractivity contribution >= 4 is 15.9 Å². The van der Waals surface area contributed by atoms with E-state index in [2.05, 4.69) is 0 Å². The summed E-state index contributed by atoms with van der Waals surface area (Å²) in [5.41, 5.74) is 6.34. The van der Waals surface area contributed by atoms with Crippen molar-refractivity contribution in [2.45, 2.75) is 37.1 Å². The second-order valence-electron chi connectivity index (χ2n) is 4.67. The van der Waals surface area contributed by atoms with Crippen LogP contribution in [0.1, 0.15) is 25.3 Å². The molecule has 1 aromatic carbocycles. The first-order valence-electron chi connectivity index (χ1n) is 6.37. The predicted octanol–water partition coefficient (Wildman–Crippen LogP) is 0.887. The highest BCUT2D eigenvalue weighted by atomic mass is 32.2. The van der Waals surface area contributed by atoms with E-state index in [4.69, 9.17) is 5.73 Å². The number of amides is 1. The van der Waals surface area contributed by atoms with E-state index in [1.807, 2.05) is 6.92 Å². The number of nitrogens with zero attached hydrogens (tertiary/aromatic N) is 1. The number of hydrogen-bond donors (Lipinski definition) is 1. The van der Waals surface area contributed by atoms with Gasteiger partial charge in [-0.05, 0) is 37.0 Å². The average Bonchev–Trinajstić information content (AvgIpc) is 2.89. The van der Waals surface area contributed by atoms with E-state index >= 15 is 0 Å². The number of aryl methyl sites for hydroxylation is 1. The first-order valence-corrected chi connectivity index (χ1v) is 7.81. The van der Waals surface area contributed by atoms with Crippen molar-refractivity contribution in [3.8, 4) is 0 Å². The SMILES string of the molecule is CCc1ccc(S(=O)(=O)N2CCCC2C(N)=O)cc1. The molecule has 6 heteroatoms. The predicted molar refractivity (Wildman–Crippen MR) is 71.9 cm³/mol. The third kappa shape index (κ3) is 2.64. The number of carbonyl (C=O) groups is 1. The molecule has 1 atom stereocenters. The van der Waals surface area contributed by atoms with Crippen LogP contribution in [0.2, 0.25) is 0 Å². The summed E-state index contributed by atoms with van der Waals surface area (Å²) < 4.78 is 26.2. The molecule has 0 aliphatic carbocycles. The molecule has 0 saturated carbocycles. The van der Waals surface area contributed by atoms with Gasteiger partial charge in [0.2, 0.25) is 15.9 Å². The van der Waals surface area contributed by atoms with Gasteiger partial charge in [-0.25, -0.2) is 8.42 Å². The van der Waals surface area contributed by atoms with Crippen molar-refractivity contribution in [1.82, 2.24) is 4.31 Å². The van der Waals surface area contributed by atoms with Gasteiger partial charge in [-0.15, -0.1) is 0 Å². The van der Waals surface area contributed by atoms with Gasteiger partial charge in [0.05, 0.1) is 4.90 Å². The number of carbonyl (C=O) groups excluding carboxylic acids is 1. The fraction of sp³-hybridized carbons (Fsp3) is 0.462. The molecule has 104 valence electrons. The quantitative estimate of drug-likeness (QED) is 0.890. The minimum atomic E-state index is -3.63. The normalized spacial score (nSPS) is 20.6. The molecule has 1 unspecified atom stereocenters.